The van der Waals surface area contributed by atoms with Crippen LogP contribution in [0, 0.1) is 0 Å². The fraction of sp³-hybridized carbons (Fsp3) is 0.611. The molecule has 1 aromatic rings. The number of esters is 1. The molecule has 0 spiro atoms. The molecule has 1 saturated carbocycles. The van der Waals surface area contributed by atoms with E-state index in [1.807, 2.05) is 6.07 Å². The molecule has 2 aliphatic rings. The molecule has 1 heterocycles. The summed E-state index contributed by atoms with van der Waals surface area (Å²) in [7, 11) is 0. The van der Waals surface area contributed by atoms with E-state index in [9.17, 15) is 14.4 Å². The fourth-order valence-electron chi connectivity index (χ4n) is 3.38. The van der Waals surface area contributed by atoms with Crippen LogP contribution in [0.5, 0.6) is 0 Å². The first kappa shape index (κ1) is 17.9. The quantitative estimate of drug-likeness (QED) is 0.805. The number of aryl methyl sites for hydroxylation is 2. The number of hydrogen-bond donors (Lipinski definition) is 2. The van der Waals surface area contributed by atoms with Gasteiger partial charge in [-0.3, -0.25) is 10.1 Å². The zero-order valence-corrected chi connectivity index (χ0v) is 15.2. The maximum atomic E-state index is 12.2. The zero-order chi connectivity index (χ0) is 17.8. The van der Waals surface area contributed by atoms with Crippen molar-refractivity contribution in [3.63, 3.8) is 0 Å². The average molecular weight is 364 g/mol. The van der Waals surface area contributed by atoms with Crippen molar-refractivity contribution in [3.8, 4) is 0 Å². The zero-order valence-electron chi connectivity index (χ0n) is 14.4. The van der Waals surface area contributed by atoms with Gasteiger partial charge in [0.2, 0.25) is 0 Å². The number of urea groups is 1. The molecular weight excluding hydrogens is 340 g/mol. The Bertz CT molecular complexity index is 643. The van der Waals surface area contributed by atoms with Gasteiger partial charge in [0.1, 0.15) is 4.88 Å². The Morgan fingerprint density at radius 3 is 2.64 bits per heavy atom. The van der Waals surface area contributed by atoms with Gasteiger partial charge in [-0.15, -0.1) is 11.3 Å². The Kier molecular flexibility index (Phi) is 5.73. The second-order valence-corrected chi connectivity index (χ2v) is 7.89. The maximum Gasteiger partial charge on any atom is 0.349 e. The number of hydrogen-bond acceptors (Lipinski definition) is 5. The minimum absolute atomic E-state index is 0.118. The van der Waals surface area contributed by atoms with Crippen LogP contribution in [-0.2, 0) is 22.4 Å². The molecule has 0 radical (unpaired) electrons. The van der Waals surface area contributed by atoms with Gasteiger partial charge in [0.25, 0.3) is 5.91 Å². The second kappa shape index (κ2) is 7.99. The van der Waals surface area contributed by atoms with Crippen molar-refractivity contribution in [2.45, 2.75) is 70.4 Å². The average Bonchev–Trinajstić information content (AvgIpc) is 3.17. The Labute approximate surface area is 151 Å². The first-order valence-corrected chi connectivity index (χ1v) is 9.78. The maximum absolute atomic E-state index is 12.2. The van der Waals surface area contributed by atoms with E-state index in [4.69, 9.17) is 4.74 Å². The molecule has 1 fully saturated rings. The van der Waals surface area contributed by atoms with Gasteiger partial charge in [-0.1, -0.05) is 19.3 Å². The summed E-state index contributed by atoms with van der Waals surface area (Å²) in [5.74, 6) is -1.11. The van der Waals surface area contributed by atoms with Gasteiger partial charge in [0, 0.05) is 10.9 Å². The lowest BCUT2D eigenvalue weighted by atomic mass is 9.96. The Morgan fingerprint density at radius 2 is 1.92 bits per heavy atom. The van der Waals surface area contributed by atoms with Crippen molar-refractivity contribution in [1.82, 2.24) is 10.6 Å². The van der Waals surface area contributed by atoms with E-state index in [1.165, 1.54) is 35.1 Å². The lowest BCUT2D eigenvalue weighted by Gasteiger charge is -2.23. The molecule has 3 amide bonds. The highest BCUT2D eigenvalue weighted by Crippen LogP contribution is 2.31. The van der Waals surface area contributed by atoms with Crippen LogP contribution in [0.4, 0.5) is 4.79 Å². The second-order valence-electron chi connectivity index (χ2n) is 6.76. The van der Waals surface area contributed by atoms with Crippen molar-refractivity contribution in [2.24, 2.45) is 0 Å². The predicted molar refractivity (Wildman–Crippen MR) is 94.8 cm³/mol. The molecule has 6 nitrogen and oxygen atoms in total. The van der Waals surface area contributed by atoms with Gasteiger partial charge >= 0.3 is 12.0 Å². The standard InChI is InChI=1S/C18H24N2O4S/c1-11(16(21)20-18(23)19-13-7-3-2-4-8-13)24-17(22)15-10-12-6-5-9-14(12)25-15/h10-11,13H,2-9H2,1H3,(H2,19,20,21,23). The molecule has 1 atom stereocenters. The molecule has 0 bridgehead atoms. The number of nitrogens with one attached hydrogen (secondary N) is 2. The highest BCUT2D eigenvalue weighted by Gasteiger charge is 2.25. The fourth-order valence-corrected chi connectivity index (χ4v) is 4.52. The van der Waals surface area contributed by atoms with Crippen LogP contribution in [0.3, 0.4) is 0 Å². The smallest absolute Gasteiger partial charge is 0.349 e. The van der Waals surface area contributed by atoms with Gasteiger partial charge in [-0.2, -0.15) is 0 Å². The van der Waals surface area contributed by atoms with Crippen molar-refractivity contribution in [1.29, 1.82) is 0 Å². The van der Waals surface area contributed by atoms with Crippen LogP contribution < -0.4 is 10.6 Å². The number of ether oxygens (including phenoxy) is 1. The predicted octanol–water partition coefficient (Wildman–Crippen LogP) is 2.94. The van der Waals surface area contributed by atoms with Gasteiger partial charge in [-0.05, 0) is 50.7 Å². The minimum atomic E-state index is -1.01. The number of amides is 3. The van der Waals surface area contributed by atoms with Crippen LogP contribution in [0.25, 0.3) is 0 Å². The van der Waals surface area contributed by atoms with Gasteiger partial charge in [-0.25, -0.2) is 9.59 Å². The number of rotatable bonds is 4. The molecule has 25 heavy (non-hydrogen) atoms. The molecule has 0 aromatic carbocycles. The molecule has 0 saturated heterocycles. The summed E-state index contributed by atoms with van der Waals surface area (Å²) in [6.45, 7) is 1.47. The Morgan fingerprint density at radius 1 is 1.16 bits per heavy atom. The van der Waals surface area contributed by atoms with Gasteiger partial charge in [0.05, 0.1) is 0 Å². The number of imide groups is 1. The first-order valence-electron chi connectivity index (χ1n) is 8.97. The van der Waals surface area contributed by atoms with E-state index in [0.717, 1.165) is 44.9 Å². The van der Waals surface area contributed by atoms with Gasteiger partial charge in [0.15, 0.2) is 6.10 Å². The third-order valence-corrected chi connectivity index (χ3v) is 6.00. The molecular formula is C18H24N2O4S. The summed E-state index contributed by atoms with van der Waals surface area (Å²) in [6.07, 6.45) is 7.38. The topological polar surface area (TPSA) is 84.5 Å². The summed E-state index contributed by atoms with van der Waals surface area (Å²) in [6, 6.07) is 1.46. The lowest BCUT2D eigenvalue weighted by molar-refractivity contribution is -0.127. The van der Waals surface area contributed by atoms with E-state index >= 15 is 0 Å². The van der Waals surface area contributed by atoms with E-state index < -0.39 is 24.0 Å². The van der Waals surface area contributed by atoms with Crippen molar-refractivity contribution in [2.75, 3.05) is 0 Å². The molecule has 2 N–H and O–H groups in total. The van der Waals surface area contributed by atoms with E-state index in [2.05, 4.69) is 10.6 Å². The van der Waals surface area contributed by atoms with Crippen LogP contribution in [0.2, 0.25) is 0 Å². The van der Waals surface area contributed by atoms with Crippen LogP contribution >= 0.6 is 11.3 Å². The minimum Gasteiger partial charge on any atom is -0.448 e. The normalized spacial score (nSPS) is 18.3. The Balaban J connectivity index is 1.46. The number of carbonyl (C=O) groups is 3. The molecule has 0 aliphatic heterocycles. The first-order chi connectivity index (χ1) is 12.0. The summed E-state index contributed by atoms with van der Waals surface area (Å²) in [5.41, 5.74) is 1.21. The van der Waals surface area contributed by atoms with Crippen molar-refractivity contribution < 1.29 is 19.1 Å². The molecule has 136 valence electrons. The third kappa shape index (κ3) is 4.60. The summed E-state index contributed by atoms with van der Waals surface area (Å²) < 4.78 is 5.21. The summed E-state index contributed by atoms with van der Waals surface area (Å²) >= 11 is 1.44. The molecule has 7 heteroatoms. The number of thiophene rings is 1. The lowest BCUT2D eigenvalue weighted by Crippen LogP contribution is -2.48. The largest absolute Gasteiger partial charge is 0.448 e. The molecule has 1 aromatic heterocycles. The van der Waals surface area contributed by atoms with Crippen LogP contribution in [-0.4, -0.2) is 30.1 Å². The third-order valence-electron chi connectivity index (χ3n) is 4.78. The molecule has 1 unspecified atom stereocenters. The van der Waals surface area contributed by atoms with Gasteiger partial charge < -0.3 is 10.1 Å². The summed E-state index contributed by atoms with van der Waals surface area (Å²) in [4.78, 5) is 37.9. The number of carbonyl (C=O) groups excluding carboxylic acids is 3. The highest BCUT2D eigenvalue weighted by molar-refractivity contribution is 7.14. The Hall–Kier alpha value is -1.89. The van der Waals surface area contributed by atoms with E-state index in [0.29, 0.717) is 4.88 Å². The van der Waals surface area contributed by atoms with E-state index in [1.54, 1.807) is 0 Å². The number of fused-ring (bicyclic) bond motifs is 1. The van der Waals surface area contributed by atoms with Crippen LogP contribution in [0.1, 0.15) is 65.6 Å². The summed E-state index contributed by atoms with van der Waals surface area (Å²) in [5, 5.41) is 5.07. The highest BCUT2D eigenvalue weighted by atomic mass is 32.1. The molecule has 2 aliphatic carbocycles. The van der Waals surface area contributed by atoms with Crippen molar-refractivity contribution in [3.05, 3.63) is 21.4 Å². The van der Waals surface area contributed by atoms with E-state index in [-0.39, 0.29) is 6.04 Å². The van der Waals surface area contributed by atoms with Crippen LogP contribution in [0.15, 0.2) is 6.07 Å². The monoisotopic (exact) mass is 364 g/mol. The SMILES string of the molecule is CC(OC(=O)c1cc2c(s1)CCC2)C(=O)NC(=O)NC1CCCCC1. The van der Waals surface area contributed by atoms with Crippen molar-refractivity contribution >= 4 is 29.2 Å². The molecule has 3 rings (SSSR count).